The Balaban J connectivity index is 1.40. The third kappa shape index (κ3) is 4.79. The van der Waals surface area contributed by atoms with E-state index in [4.69, 9.17) is 4.74 Å². The van der Waals surface area contributed by atoms with Crippen LogP contribution in [-0.4, -0.2) is 50.4 Å². The van der Waals surface area contributed by atoms with Crippen LogP contribution in [0.15, 0.2) is 53.7 Å². The average molecular weight is 494 g/mol. The number of nitrogens with one attached hydrogen (secondary N) is 1. The molecule has 0 unspecified atom stereocenters. The van der Waals surface area contributed by atoms with Crippen LogP contribution in [0.1, 0.15) is 26.3 Å². The smallest absolute Gasteiger partial charge is 0.316 e. The lowest BCUT2D eigenvalue weighted by atomic mass is 9.96. The van der Waals surface area contributed by atoms with E-state index in [1.54, 1.807) is 38.1 Å². The van der Waals surface area contributed by atoms with Crippen LogP contribution in [0.3, 0.4) is 0 Å². The molecule has 0 aliphatic carbocycles. The van der Waals surface area contributed by atoms with Gasteiger partial charge in [-0.3, -0.25) is 19.3 Å². The van der Waals surface area contributed by atoms with Crippen LogP contribution < -0.4 is 10.2 Å². The zero-order chi connectivity index (χ0) is 25.2. The number of hydrogen-bond acceptors (Lipinski definition) is 7. The molecule has 1 aliphatic heterocycles. The number of aromatic nitrogens is 3. The molecule has 0 bridgehead atoms. The van der Waals surface area contributed by atoms with E-state index >= 15 is 0 Å². The van der Waals surface area contributed by atoms with Gasteiger partial charge < -0.3 is 14.6 Å². The lowest BCUT2D eigenvalue weighted by Gasteiger charge is -2.41. The lowest BCUT2D eigenvalue weighted by Crippen LogP contribution is -2.59. The predicted octanol–water partition coefficient (Wildman–Crippen LogP) is 3.67. The second-order valence-electron chi connectivity index (χ2n) is 8.57. The molecule has 10 heteroatoms. The molecule has 2 heterocycles. The Hall–Kier alpha value is -3.66. The number of ether oxygens (including phenoxy) is 1. The fourth-order valence-electron chi connectivity index (χ4n) is 3.97. The number of rotatable bonds is 7. The zero-order valence-corrected chi connectivity index (χ0v) is 20.9. The number of hydrogen-bond donors (Lipinski definition) is 1. The van der Waals surface area contributed by atoms with Crippen molar-refractivity contribution in [2.45, 2.75) is 44.9 Å². The van der Waals surface area contributed by atoms with Gasteiger partial charge in [-0.15, -0.1) is 10.2 Å². The first-order valence-electron chi connectivity index (χ1n) is 11.2. The molecule has 0 atom stereocenters. The van der Waals surface area contributed by atoms with Gasteiger partial charge >= 0.3 is 5.97 Å². The first-order valence-corrected chi connectivity index (χ1v) is 12.2. The minimum atomic E-state index is -1.13. The molecule has 3 aromatic rings. The molecular formula is C25H27N5O4S. The second kappa shape index (κ2) is 9.91. The normalized spacial score (nSPS) is 14.3. The van der Waals surface area contributed by atoms with Crippen LogP contribution >= 0.6 is 11.8 Å². The summed E-state index contributed by atoms with van der Waals surface area (Å²) in [7, 11) is 0. The third-order valence-corrected chi connectivity index (χ3v) is 6.79. The predicted molar refractivity (Wildman–Crippen MR) is 134 cm³/mol. The van der Waals surface area contributed by atoms with Crippen LogP contribution in [0.2, 0.25) is 0 Å². The highest BCUT2D eigenvalue weighted by Crippen LogP contribution is 2.36. The highest BCUT2D eigenvalue weighted by atomic mass is 32.2. The summed E-state index contributed by atoms with van der Waals surface area (Å²) in [6, 6.07) is 14.9. The second-order valence-corrected chi connectivity index (χ2v) is 9.52. The topological polar surface area (TPSA) is 106 Å². The molecule has 0 spiro atoms. The molecule has 35 heavy (non-hydrogen) atoms. The van der Waals surface area contributed by atoms with Crippen LogP contribution in [0.5, 0.6) is 0 Å². The Bertz CT molecular complexity index is 1290. The molecule has 0 radical (unpaired) electrons. The number of fused-ring (bicyclic) bond motifs is 1. The molecule has 9 nitrogen and oxygen atoms in total. The molecule has 1 N–H and O–H groups in total. The number of carbonyl (C=O) groups is 3. The van der Waals surface area contributed by atoms with Crippen LogP contribution in [0.4, 0.5) is 11.4 Å². The first-order chi connectivity index (χ1) is 16.7. The molecule has 182 valence electrons. The molecule has 0 saturated heterocycles. The van der Waals surface area contributed by atoms with Crippen molar-refractivity contribution >= 4 is 40.9 Å². The minimum Gasteiger partial charge on any atom is -0.455 e. The quantitative estimate of drug-likeness (QED) is 0.395. The Morgan fingerprint density at radius 3 is 2.54 bits per heavy atom. The summed E-state index contributed by atoms with van der Waals surface area (Å²) in [4.78, 5) is 39.4. The van der Waals surface area contributed by atoms with E-state index in [1.807, 2.05) is 42.7 Å². The number of esters is 1. The number of aryl methyl sites for hydroxylation is 1. The summed E-state index contributed by atoms with van der Waals surface area (Å²) >= 11 is 1.20. The van der Waals surface area contributed by atoms with Gasteiger partial charge in [-0.25, -0.2) is 0 Å². The van der Waals surface area contributed by atoms with Crippen LogP contribution in [-0.2, 0) is 25.7 Å². The highest BCUT2D eigenvalue weighted by molar-refractivity contribution is 7.99. The summed E-state index contributed by atoms with van der Waals surface area (Å²) in [5.41, 5.74) is 2.04. The van der Waals surface area contributed by atoms with Crippen LogP contribution in [0, 0.1) is 6.92 Å². The zero-order valence-electron chi connectivity index (χ0n) is 20.1. The van der Waals surface area contributed by atoms with Crippen molar-refractivity contribution in [3.8, 4) is 11.4 Å². The van der Waals surface area contributed by atoms with Gasteiger partial charge in [0.05, 0.1) is 17.1 Å². The van der Waals surface area contributed by atoms with Gasteiger partial charge in [-0.1, -0.05) is 48.2 Å². The summed E-state index contributed by atoms with van der Waals surface area (Å²) < 4.78 is 7.21. The van der Waals surface area contributed by atoms with Crippen molar-refractivity contribution in [3.05, 3.63) is 54.1 Å². The monoisotopic (exact) mass is 493 g/mol. The van der Waals surface area contributed by atoms with E-state index in [9.17, 15) is 14.4 Å². The summed E-state index contributed by atoms with van der Waals surface area (Å²) in [5.74, 6) is -0.636. The van der Waals surface area contributed by atoms with Gasteiger partial charge in [0.1, 0.15) is 5.54 Å². The van der Waals surface area contributed by atoms with Gasteiger partial charge in [0.2, 0.25) is 5.91 Å². The number of benzene rings is 2. The van der Waals surface area contributed by atoms with E-state index in [0.29, 0.717) is 23.1 Å². The van der Waals surface area contributed by atoms with Crippen molar-refractivity contribution < 1.29 is 19.1 Å². The molecule has 2 aromatic carbocycles. The molecule has 0 saturated carbocycles. The third-order valence-electron chi connectivity index (χ3n) is 5.85. The van der Waals surface area contributed by atoms with E-state index in [1.165, 1.54) is 16.7 Å². The maximum Gasteiger partial charge on any atom is 0.316 e. The van der Waals surface area contributed by atoms with Crippen molar-refractivity contribution in [2.75, 3.05) is 22.6 Å². The van der Waals surface area contributed by atoms with Gasteiger partial charge in [0.25, 0.3) is 5.91 Å². The fourth-order valence-corrected chi connectivity index (χ4v) is 4.77. The highest BCUT2D eigenvalue weighted by Gasteiger charge is 2.43. The summed E-state index contributed by atoms with van der Waals surface area (Å²) in [5, 5.41) is 12.0. The number of amides is 2. The molecule has 1 aliphatic rings. The first kappa shape index (κ1) is 24.5. The van der Waals surface area contributed by atoms with Gasteiger partial charge in [-0.05, 0) is 45.4 Å². The molecule has 4 rings (SSSR count). The standard InChI is InChI=1S/C25H27N5O4S/c1-5-29-22(17-11-7-6-10-16(17)2)27-28-24(29)35-15-21(32)34-14-20(31)30-19-13-9-8-12-18(19)26-23(33)25(30,3)4/h6-13H,5,14-15H2,1-4H3,(H,26,33). The Morgan fingerprint density at radius 1 is 1.09 bits per heavy atom. The van der Waals surface area contributed by atoms with Crippen molar-refractivity contribution in [1.82, 2.24) is 14.8 Å². The molecule has 0 fully saturated rings. The fraction of sp³-hybridized carbons (Fsp3) is 0.320. The Kier molecular flexibility index (Phi) is 6.93. The number of nitrogens with zero attached hydrogens (tertiary/aromatic N) is 4. The van der Waals surface area contributed by atoms with Crippen molar-refractivity contribution in [2.24, 2.45) is 0 Å². The average Bonchev–Trinajstić information content (AvgIpc) is 3.24. The number of anilines is 2. The van der Waals surface area contributed by atoms with E-state index in [2.05, 4.69) is 15.5 Å². The molecule has 2 amide bonds. The summed E-state index contributed by atoms with van der Waals surface area (Å²) in [6.07, 6.45) is 0. The largest absolute Gasteiger partial charge is 0.455 e. The minimum absolute atomic E-state index is 0.0281. The van der Waals surface area contributed by atoms with E-state index in [0.717, 1.165) is 17.0 Å². The van der Waals surface area contributed by atoms with Gasteiger partial charge in [0.15, 0.2) is 17.6 Å². The number of thioether (sulfide) groups is 1. The van der Waals surface area contributed by atoms with Gasteiger partial charge in [0, 0.05) is 12.1 Å². The summed E-state index contributed by atoms with van der Waals surface area (Å²) in [6.45, 7) is 7.46. The Labute approximate surface area is 207 Å². The maximum atomic E-state index is 13.0. The molecule has 1 aromatic heterocycles. The lowest BCUT2D eigenvalue weighted by molar-refractivity contribution is -0.145. The SMILES string of the molecule is CCn1c(SCC(=O)OCC(=O)N2c3ccccc3NC(=O)C2(C)C)nnc1-c1ccccc1C. The number of para-hydroxylation sites is 2. The number of carbonyl (C=O) groups excluding carboxylic acids is 3. The molecular weight excluding hydrogens is 466 g/mol. The maximum absolute atomic E-state index is 13.0. The Morgan fingerprint density at radius 2 is 1.80 bits per heavy atom. The van der Waals surface area contributed by atoms with Crippen molar-refractivity contribution in [1.29, 1.82) is 0 Å². The van der Waals surface area contributed by atoms with E-state index < -0.39 is 24.0 Å². The van der Waals surface area contributed by atoms with Crippen LogP contribution in [0.25, 0.3) is 11.4 Å². The van der Waals surface area contributed by atoms with Gasteiger partial charge in [-0.2, -0.15) is 0 Å². The van der Waals surface area contributed by atoms with Crippen molar-refractivity contribution in [3.63, 3.8) is 0 Å². The van der Waals surface area contributed by atoms with E-state index in [-0.39, 0.29) is 11.7 Å².